The number of nitrogens with zero attached hydrogens (tertiary/aromatic N) is 2. The summed E-state index contributed by atoms with van der Waals surface area (Å²) in [6.45, 7) is 4.59. The molecule has 0 aliphatic rings. The predicted molar refractivity (Wildman–Crippen MR) is 104 cm³/mol. The lowest BCUT2D eigenvalue weighted by molar-refractivity contribution is -0.137. The highest BCUT2D eigenvalue weighted by molar-refractivity contribution is 7.09. The lowest BCUT2D eigenvalue weighted by Gasteiger charge is -2.22. The molecule has 1 amide bonds. The van der Waals surface area contributed by atoms with Gasteiger partial charge in [0.25, 0.3) is 5.91 Å². The summed E-state index contributed by atoms with van der Waals surface area (Å²) in [5.74, 6) is -0.899. The molecule has 0 fully saturated rings. The average Bonchev–Trinajstić information content (AvgIpc) is 3.15. The Morgan fingerprint density at radius 2 is 1.83 bits per heavy atom. The molecule has 0 aliphatic heterocycles. The van der Waals surface area contributed by atoms with Crippen LogP contribution in [0.1, 0.15) is 64.5 Å². The standard InChI is InChI=1S/C20H23F3N2O3S/c1-3-5-6-11-25(12-17-24-16(13-29-17)19(27)28-4-2)18(26)14-7-9-15(10-8-14)20(21,22)23/h7-10,13H,3-6,11-12H2,1-2H3. The number of esters is 1. The molecular formula is C20H23F3N2O3S. The lowest BCUT2D eigenvalue weighted by Crippen LogP contribution is -2.31. The lowest BCUT2D eigenvalue weighted by atomic mass is 10.1. The minimum Gasteiger partial charge on any atom is -0.461 e. The molecular weight excluding hydrogens is 405 g/mol. The minimum atomic E-state index is -4.45. The van der Waals surface area contributed by atoms with Gasteiger partial charge < -0.3 is 9.64 Å². The zero-order valence-corrected chi connectivity index (χ0v) is 17.1. The van der Waals surface area contributed by atoms with Gasteiger partial charge in [-0.25, -0.2) is 9.78 Å². The molecule has 158 valence electrons. The SMILES string of the molecule is CCCCCN(Cc1nc(C(=O)OCC)cs1)C(=O)c1ccc(C(F)(F)F)cc1. The van der Waals surface area contributed by atoms with Crippen molar-refractivity contribution in [1.29, 1.82) is 0 Å². The first kappa shape index (κ1) is 22.9. The summed E-state index contributed by atoms with van der Waals surface area (Å²) in [5.41, 5.74) is -0.440. The zero-order chi connectivity index (χ0) is 21.4. The van der Waals surface area contributed by atoms with Crippen LogP contribution in [0.4, 0.5) is 13.2 Å². The number of rotatable bonds is 9. The van der Waals surface area contributed by atoms with Gasteiger partial charge in [-0.15, -0.1) is 11.3 Å². The van der Waals surface area contributed by atoms with E-state index in [1.54, 1.807) is 17.2 Å². The molecule has 1 aromatic heterocycles. The number of unbranched alkanes of at least 4 members (excludes halogenated alkanes) is 2. The number of carbonyl (C=O) groups is 2. The number of thiazole rings is 1. The van der Waals surface area contributed by atoms with E-state index >= 15 is 0 Å². The highest BCUT2D eigenvalue weighted by Gasteiger charge is 2.30. The summed E-state index contributed by atoms with van der Waals surface area (Å²) in [6, 6.07) is 4.17. The zero-order valence-electron chi connectivity index (χ0n) is 16.3. The molecule has 2 rings (SSSR count). The number of hydrogen-bond donors (Lipinski definition) is 0. The number of alkyl halides is 3. The first-order valence-corrected chi connectivity index (χ1v) is 10.2. The number of ether oxygens (including phenoxy) is 1. The van der Waals surface area contributed by atoms with Gasteiger partial charge in [0.15, 0.2) is 5.69 Å². The van der Waals surface area contributed by atoms with Crippen LogP contribution in [0.25, 0.3) is 0 Å². The monoisotopic (exact) mass is 428 g/mol. The van der Waals surface area contributed by atoms with Gasteiger partial charge in [-0.05, 0) is 37.6 Å². The van der Waals surface area contributed by atoms with Crippen LogP contribution in [-0.2, 0) is 17.5 Å². The minimum absolute atomic E-state index is 0.174. The van der Waals surface area contributed by atoms with Crippen molar-refractivity contribution >= 4 is 23.2 Å². The fraction of sp³-hybridized carbons (Fsp3) is 0.450. The van der Waals surface area contributed by atoms with Crippen LogP contribution in [0.5, 0.6) is 0 Å². The van der Waals surface area contributed by atoms with Crippen molar-refractivity contribution in [2.24, 2.45) is 0 Å². The Morgan fingerprint density at radius 1 is 1.14 bits per heavy atom. The van der Waals surface area contributed by atoms with Crippen LogP contribution in [0, 0.1) is 0 Å². The third kappa shape index (κ3) is 6.56. The Morgan fingerprint density at radius 3 is 2.41 bits per heavy atom. The molecule has 0 saturated heterocycles. The summed E-state index contributed by atoms with van der Waals surface area (Å²) in [4.78, 5) is 30.4. The summed E-state index contributed by atoms with van der Waals surface area (Å²) < 4.78 is 43.2. The molecule has 0 N–H and O–H groups in total. The third-order valence-corrected chi connectivity index (χ3v) is 4.97. The van der Waals surface area contributed by atoms with E-state index in [0.29, 0.717) is 11.6 Å². The first-order chi connectivity index (χ1) is 13.8. The normalized spacial score (nSPS) is 11.3. The van der Waals surface area contributed by atoms with Crippen molar-refractivity contribution in [3.8, 4) is 0 Å². The second kappa shape index (κ2) is 10.4. The molecule has 0 radical (unpaired) electrons. The topological polar surface area (TPSA) is 59.5 Å². The smallest absolute Gasteiger partial charge is 0.416 e. The molecule has 29 heavy (non-hydrogen) atoms. The van der Waals surface area contributed by atoms with E-state index in [0.717, 1.165) is 31.4 Å². The number of benzene rings is 1. The van der Waals surface area contributed by atoms with Crippen molar-refractivity contribution in [2.45, 2.75) is 45.8 Å². The van der Waals surface area contributed by atoms with E-state index in [4.69, 9.17) is 4.74 Å². The van der Waals surface area contributed by atoms with Gasteiger partial charge in [-0.2, -0.15) is 13.2 Å². The molecule has 0 bridgehead atoms. The van der Waals surface area contributed by atoms with E-state index in [1.165, 1.54) is 23.5 Å². The quantitative estimate of drug-likeness (QED) is 0.408. The maximum absolute atomic E-state index is 12.9. The number of halogens is 3. The molecule has 0 unspecified atom stereocenters. The number of carbonyl (C=O) groups excluding carboxylic acids is 2. The van der Waals surface area contributed by atoms with Gasteiger partial charge in [-0.3, -0.25) is 4.79 Å². The molecule has 2 aromatic rings. The molecule has 0 spiro atoms. The second-order valence-corrected chi connectivity index (χ2v) is 7.30. The molecule has 5 nitrogen and oxygen atoms in total. The predicted octanol–water partition coefficient (Wildman–Crippen LogP) is 5.17. The molecule has 0 saturated carbocycles. The Balaban J connectivity index is 2.16. The number of amides is 1. The molecule has 1 heterocycles. The summed E-state index contributed by atoms with van der Waals surface area (Å²) in [7, 11) is 0. The van der Waals surface area contributed by atoms with Crippen LogP contribution in [-0.4, -0.2) is 34.9 Å². The van der Waals surface area contributed by atoms with Crippen molar-refractivity contribution < 1.29 is 27.5 Å². The number of aromatic nitrogens is 1. The fourth-order valence-corrected chi connectivity index (χ4v) is 3.41. The van der Waals surface area contributed by atoms with Crippen LogP contribution < -0.4 is 0 Å². The maximum Gasteiger partial charge on any atom is 0.416 e. The Labute approximate surface area is 171 Å². The summed E-state index contributed by atoms with van der Waals surface area (Å²) >= 11 is 1.24. The molecule has 0 aliphatic carbocycles. The largest absolute Gasteiger partial charge is 0.461 e. The Hall–Kier alpha value is -2.42. The molecule has 1 aromatic carbocycles. The van der Waals surface area contributed by atoms with Crippen LogP contribution >= 0.6 is 11.3 Å². The van der Waals surface area contributed by atoms with Gasteiger partial charge >= 0.3 is 12.1 Å². The Kier molecular flexibility index (Phi) is 8.19. The average molecular weight is 428 g/mol. The molecule has 0 atom stereocenters. The van der Waals surface area contributed by atoms with E-state index in [-0.39, 0.29) is 30.3 Å². The Bertz CT molecular complexity index is 819. The highest BCUT2D eigenvalue weighted by Crippen LogP contribution is 2.29. The fourth-order valence-electron chi connectivity index (χ4n) is 2.64. The number of hydrogen-bond acceptors (Lipinski definition) is 5. The second-order valence-electron chi connectivity index (χ2n) is 6.36. The maximum atomic E-state index is 12.9. The van der Waals surface area contributed by atoms with Crippen molar-refractivity contribution in [3.05, 3.63) is 51.5 Å². The van der Waals surface area contributed by atoms with Crippen molar-refractivity contribution in [2.75, 3.05) is 13.2 Å². The summed E-state index contributed by atoms with van der Waals surface area (Å²) in [5, 5.41) is 2.13. The first-order valence-electron chi connectivity index (χ1n) is 9.34. The highest BCUT2D eigenvalue weighted by atomic mass is 32.1. The van der Waals surface area contributed by atoms with E-state index in [2.05, 4.69) is 4.98 Å². The third-order valence-electron chi connectivity index (χ3n) is 4.14. The molecule has 9 heteroatoms. The van der Waals surface area contributed by atoms with Gasteiger partial charge in [0, 0.05) is 17.5 Å². The van der Waals surface area contributed by atoms with Crippen LogP contribution in [0.2, 0.25) is 0 Å². The van der Waals surface area contributed by atoms with E-state index in [1.807, 2.05) is 6.92 Å². The van der Waals surface area contributed by atoms with Gasteiger partial charge in [0.2, 0.25) is 0 Å². The van der Waals surface area contributed by atoms with Crippen LogP contribution in [0.3, 0.4) is 0 Å². The summed E-state index contributed by atoms with van der Waals surface area (Å²) in [6.07, 6.45) is -1.80. The van der Waals surface area contributed by atoms with Gasteiger partial charge in [-0.1, -0.05) is 19.8 Å². The van der Waals surface area contributed by atoms with E-state index < -0.39 is 17.7 Å². The van der Waals surface area contributed by atoms with Crippen molar-refractivity contribution in [1.82, 2.24) is 9.88 Å². The van der Waals surface area contributed by atoms with Gasteiger partial charge in [0.05, 0.1) is 18.7 Å². The van der Waals surface area contributed by atoms with Gasteiger partial charge in [0.1, 0.15) is 5.01 Å². The van der Waals surface area contributed by atoms with Crippen molar-refractivity contribution in [3.63, 3.8) is 0 Å². The van der Waals surface area contributed by atoms with E-state index in [9.17, 15) is 22.8 Å². The van der Waals surface area contributed by atoms with Crippen LogP contribution in [0.15, 0.2) is 29.6 Å².